The van der Waals surface area contributed by atoms with E-state index in [2.05, 4.69) is 20.3 Å². The second-order valence-corrected chi connectivity index (χ2v) is 9.13. The van der Waals surface area contributed by atoms with E-state index < -0.39 is 5.91 Å². The van der Waals surface area contributed by atoms with Gasteiger partial charge in [-0.05, 0) is 44.2 Å². The fraction of sp³-hybridized carbons (Fsp3) is 0.100. The molecule has 4 heterocycles. The van der Waals surface area contributed by atoms with Crippen LogP contribution in [0.2, 0.25) is 0 Å². The maximum absolute atomic E-state index is 13.5. The third-order valence-corrected chi connectivity index (χ3v) is 6.57. The van der Waals surface area contributed by atoms with Crippen LogP contribution in [0.1, 0.15) is 35.0 Å². The molecule has 2 aromatic carbocycles. The molecule has 6 aromatic rings. The maximum atomic E-state index is 13.5. The summed E-state index contributed by atoms with van der Waals surface area (Å²) in [6.07, 6.45) is 3.71. The normalized spacial score (nSPS) is 12.1. The lowest BCUT2D eigenvalue weighted by Gasteiger charge is -2.16. The molecular formula is C30H25N7O. The molecule has 0 saturated carbocycles. The molecule has 8 nitrogen and oxygen atoms in total. The molecular weight excluding hydrogens is 474 g/mol. The van der Waals surface area contributed by atoms with Gasteiger partial charge in [-0.25, -0.2) is 15.0 Å². The topological polar surface area (TPSA) is 111 Å². The van der Waals surface area contributed by atoms with Gasteiger partial charge < -0.3 is 15.5 Å². The lowest BCUT2D eigenvalue weighted by Crippen LogP contribution is -2.29. The van der Waals surface area contributed by atoms with Gasteiger partial charge in [-0.15, -0.1) is 0 Å². The highest BCUT2D eigenvalue weighted by atomic mass is 16.2. The first-order chi connectivity index (χ1) is 18.5. The lowest BCUT2D eigenvalue weighted by atomic mass is 10.0. The van der Waals surface area contributed by atoms with Crippen LogP contribution in [0.25, 0.3) is 38.9 Å². The molecule has 186 valence electrons. The van der Waals surface area contributed by atoms with Crippen LogP contribution in [0.5, 0.6) is 0 Å². The van der Waals surface area contributed by atoms with Crippen molar-refractivity contribution in [3.05, 3.63) is 108 Å². The van der Waals surface area contributed by atoms with Crippen molar-refractivity contribution in [1.29, 1.82) is 0 Å². The Morgan fingerprint density at radius 2 is 1.68 bits per heavy atom. The number of nitrogen functional groups attached to an aromatic ring is 1. The van der Waals surface area contributed by atoms with Crippen molar-refractivity contribution >= 4 is 28.1 Å². The first-order valence-electron chi connectivity index (χ1n) is 12.3. The molecule has 4 aromatic heterocycles. The van der Waals surface area contributed by atoms with E-state index in [0.29, 0.717) is 11.4 Å². The van der Waals surface area contributed by atoms with E-state index in [-0.39, 0.29) is 17.6 Å². The Balaban J connectivity index is 1.43. The highest BCUT2D eigenvalue weighted by Gasteiger charge is 2.23. The number of pyridine rings is 2. The molecule has 0 saturated heterocycles. The number of nitrogens with two attached hydrogens (primary N) is 1. The maximum Gasteiger partial charge on any atom is 0.274 e. The minimum Gasteiger partial charge on any atom is -0.382 e. The smallest absolute Gasteiger partial charge is 0.274 e. The van der Waals surface area contributed by atoms with Gasteiger partial charge in [-0.2, -0.15) is 0 Å². The lowest BCUT2D eigenvalue weighted by molar-refractivity contribution is 0.0935. The van der Waals surface area contributed by atoms with Gasteiger partial charge in [0.1, 0.15) is 5.82 Å². The van der Waals surface area contributed by atoms with Crippen molar-refractivity contribution in [2.24, 2.45) is 0 Å². The molecule has 1 amide bonds. The summed E-state index contributed by atoms with van der Waals surface area (Å²) >= 11 is 0. The minimum absolute atomic E-state index is 0.0608. The summed E-state index contributed by atoms with van der Waals surface area (Å²) in [5.74, 6) is 0.488. The number of hydrogen-bond acceptors (Lipinski definition) is 6. The summed E-state index contributed by atoms with van der Waals surface area (Å²) < 4.78 is 1.99. The van der Waals surface area contributed by atoms with Gasteiger partial charge in [0.15, 0.2) is 11.5 Å². The predicted molar refractivity (Wildman–Crippen MR) is 148 cm³/mol. The molecule has 3 N–H and O–H groups in total. The Kier molecular flexibility index (Phi) is 5.76. The van der Waals surface area contributed by atoms with Crippen molar-refractivity contribution in [2.45, 2.75) is 19.9 Å². The van der Waals surface area contributed by atoms with E-state index in [1.54, 1.807) is 6.20 Å². The van der Waals surface area contributed by atoms with E-state index in [9.17, 15) is 4.79 Å². The first kappa shape index (κ1) is 23.3. The summed E-state index contributed by atoms with van der Waals surface area (Å²) in [5.41, 5.74) is 11.8. The summed E-state index contributed by atoms with van der Waals surface area (Å²) in [4.78, 5) is 32.1. The van der Waals surface area contributed by atoms with Crippen LogP contribution in [0, 0.1) is 6.92 Å². The summed E-state index contributed by atoms with van der Waals surface area (Å²) in [5, 5.41) is 3.98. The summed E-state index contributed by atoms with van der Waals surface area (Å²) in [7, 11) is 0. The number of nitrogens with one attached hydrogen (secondary N) is 1. The summed E-state index contributed by atoms with van der Waals surface area (Å²) in [6, 6.07) is 24.9. The second-order valence-electron chi connectivity index (χ2n) is 9.13. The van der Waals surface area contributed by atoms with Gasteiger partial charge in [-0.3, -0.25) is 9.78 Å². The van der Waals surface area contributed by atoms with E-state index in [1.165, 1.54) is 0 Å². The Labute approximate surface area is 219 Å². The largest absolute Gasteiger partial charge is 0.382 e. The Morgan fingerprint density at radius 1 is 0.895 bits per heavy atom. The van der Waals surface area contributed by atoms with Gasteiger partial charge in [0.2, 0.25) is 0 Å². The molecule has 38 heavy (non-hydrogen) atoms. The number of aromatic nitrogens is 5. The Hall–Kier alpha value is -5.11. The molecule has 0 aliphatic heterocycles. The summed E-state index contributed by atoms with van der Waals surface area (Å²) in [6.45, 7) is 3.83. The predicted octanol–water partition coefficient (Wildman–Crippen LogP) is 5.39. The minimum atomic E-state index is -0.416. The van der Waals surface area contributed by atoms with Crippen LogP contribution in [0.15, 0.2) is 91.3 Å². The van der Waals surface area contributed by atoms with Crippen LogP contribution in [0.3, 0.4) is 0 Å². The number of anilines is 1. The molecule has 0 bridgehead atoms. The molecule has 1 unspecified atom stereocenters. The Morgan fingerprint density at radius 3 is 2.53 bits per heavy atom. The fourth-order valence-corrected chi connectivity index (χ4v) is 4.71. The molecule has 0 aliphatic carbocycles. The zero-order valence-electron chi connectivity index (χ0n) is 21.0. The van der Waals surface area contributed by atoms with Crippen LogP contribution in [0.4, 0.5) is 5.82 Å². The van der Waals surface area contributed by atoms with Crippen molar-refractivity contribution in [3.63, 3.8) is 0 Å². The van der Waals surface area contributed by atoms with Gasteiger partial charge in [0.25, 0.3) is 5.91 Å². The van der Waals surface area contributed by atoms with E-state index in [1.807, 2.05) is 103 Å². The highest BCUT2D eigenvalue weighted by Crippen LogP contribution is 2.32. The van der Waals surface area contributed by atoms with Crippen molar-refractivity contribution in [1.82, 2.24) is 29.7 Å². The number of aryl methyl sites for hydroxylation is 1. The number of rotatable bonds is 5. The van der Waals surface area contributed by atoms with Crippen LogP contribution < -0.4 is 11.1 Å². The first-order valence-corrected chi connectivity index (χ1v) is 12.3. The van der Waals surface area contributed by atoms with Crippen molar-refractivity contribution in [2.75, 3.05) is 5.73 Å². The molecule has 0 fully saturated rings. The molecule has 0 radical (unpaired) electrons. The zero-order valence-corrected chi connectivity index (χ0v) is 21.0. The second kappa shape index (κ2) is 9.40. The van der Waals surface area contributed by atoms with E-state index >= 15 is 0 Å². The van der Waals surface area contributed by atoms with Crippen LogP contribution in [-0.4, -0.2) is 30.2 Å². The van der Waals surface area contributed by atoms with Crippen LogP contribution >= 0.6 is 0 Å². The monoisotopic (exact) mass is 499 g/mol. The van der Waals surface area contributed by atoms with Gasteiger partial charge in [-0.1, -0.05) is 48.5 Å². The SMILES string of the molecule is Cc1nc(C(C)NC(=O)c2nc(-c3ccc4ncccc4c3)c(-c3ccccc3)nc2N)c2ccccn12. The van der Waals surface area contributed by atoms with E-state index in [0.717, 1.165) is 39.1 Å². The number of fused-ring (bicyclic) bond motifs is 2. The Bertz CT molecular complexity index is 1810. The zero-order chi connectivity index (χ0) is 26.2. The van der Waals surface area contributed by atoms with Gasteiger partial charge in [0.05, 0.1) is 34.2 Å². The number of carbonyl (C=O) groups is 1. The standard InChI is InChI=1S/C30H25N7O/c1-18(25-24-12-6-7-16-37(24)19(2)34-25)33-30(38)28-29(31)36-26(20-9-4-3-5-10-20)27(35-28)22-13-14-23-21(17-22)11-8-15-32-23/h3-18H,1-2H3,(H2,31,36)(H,33,38). The number of imidazole rings is 1. The molecule has 8 heteroatoms. The van der Waals surface area contributed by atoms with Crippen molar-refractivity contribution < 1.29 is 4.79 Å². The third kappa shape index (κ3) is 4.12. The number of carbonyl (C=O) groups excluding carboxylic acids is 1. The fourth-order valence-electron chi connectivity index (χ4n) is 4.71. The van der Waals surface area contributed by atoms with E-state index in [4.69, 9.17) is 10.7 Å². The molecule has 0 spiro atoms. The average molecular weight is 500 g/mol. The molecule has 0 aliphatic rings. The average Bonchev–Trinajstić information content (AvgIpc) is 3.29. The third-order valence-electron chi connectivity index (χ3n) is 6.57. The molecule has 6 rings (SSSR count). The van der Waals surface area contributed by atoms with Crippen LogP contribution in [-0.2, 0) is 0 Å². The number of nitrogens with zero attached hydrogens (tertiary/aromatic N) is 5. The molecule has 1 atom stereocenters. The number of hydrogen-bond donors (Lipinski definition) is 2. The quantitative estimate of drug-likeness (QED) is 0.329. The van der Waals surface area contributed by atoms with Gasteiger partial charge >= 0.3 is 0 Å². The van der Waals surface area contributed by atoms with Gasteiger partial charge in [0, 0.05) is 28.9 Å². The highest BCUT2D eigenvalue weighted by molar-refractivity contribution is 5.98. The van der Waals surface area contributed by atoms with Crippen molar-refractivity contribution in [3.8, 4) is 22.5 Å². The number of amides is 1. The number of benzene rings is 2.